The number of aryl methyl sites for hydroxylation is 1. The first-order chi connectivity index (χ1) is 10.3. The molecule has 2 rings (SSSR count). The first-order valence-corrected chi connectivity index (χ1v) is 8.46. The van der Waals surface area contributed by atoms with Crippen LogP contribution in [0.15, 0.2) is 0 Å². The minimum Gasteiger partial charge on any atom is -0.373 e. The van der Waals surface area contributed by atoms with E-state index in [2.05, 4.69) is 19.2 Å². The zero-order valence-electron chi connectivity index (χ0n) is 13.7. The molecule has 0 aliphatic heterocycles. The Labute approximate surface area is 128 Å². The smallest absolute Gasteiger partial charge is 0.159 e. The van der Waals surface area contributed by atoms with Crippen LogP contribution in [0.4, 0.5) is 5.82 Å². The third-order valence-electron chi connectivity index (χ3n) is 4.12. The van der Waals surface area contributed by atoms with Gasteiger partial charge in [0, 0.05) is 24.9 Å². The Morgan fingerprint density at radius 3 is 2.62 bits per heavy atom. The second kappa shape index (κ2) is 8.32. The molecule has 21 heavy (non-hydrogen) atoms. The van der Waals surface area contributed by atoms with Crippen LogP contribution in [0.3, 0.4) is 0 Å². The van der Waals surface area contributed by atoms with E-state index in [1.165, 1.54) is 30.5 Å². The van der Waals surface area contributed by atoms with E-state index in [1.807, 2.05) is 0 Å². The third kappa shape index (κ3) is 4.16. The zero-order valence-corrected chi connectivity index (χ0v) is 13.7. The standard InChI is InChI=1S/C17H29N3O/c1-4-9-15(21-3)17-19-14-11-8-6-7-10-13(14)16(20-17)18-12-5-2/h15H,4-12H2,1-3H3,(H,18,19,20). The van der Waals surface area contributed by atoms with E-state index in [0.717, 1.165) is 50.3 Å². The molecule has 0 saturated carbocycles. The summed E-state index contributed by atoms with van der Waals surface area (Å²) >= 11 is 0. The number of fused-ring (bicyclic) bond motifs is 1. The summed E-state index contributed by atoms with van der Waals surface area (Å²) in [4.78, 5) is 9.66. The first kappa shape index (κ1) is 16.2. The van der Waals surface area contributed by atoms with Crippen molar-refractivity contribution in [3.8, 4) is 0 Å². The van der Waals surface area contributed by atoms with Crippen molar-refractivity contribution in [3.05, 3.63) is 17.1 Å². The Bertz CT molecular complexity index is 448. The van der Waals surface area contributed by atoms with Gasteiger partial charge in [0.2, 0.25) is 0 Å². The molecule has 1 aliphatic rings. The summed E-state index contributed by atoms with van der Waals surface area (Å²) in [5, 5.41) is 3.51. The Morgan fingerprint density at radius 1 is 1.10 bits per heavy atom. The quantitative estimate of drug-likeness (QED) is 0.770. The highest BCUT2D eigenvalue weighted by atomic mass is 16.5. The van der Waals surface area contributed by atoms with Crippen LogP contribution in [-0.4, -0.2) is 23.6 Å². The molecule has 0 amide bonds. The highest BCUT2D eigenvalue weighted by Crippen LogP contribution is 2.28. The van der Waals surface area contributed by atoms with Crippen molar-refractivity contribution in [2.75, 3.05) is 19.0 Å². The molecule has 1 N–H and O–H groups in total. The molecule has 4 heteroatoms. The van der Waals surface area contributed by atoms with Gasteiger partial charge >= 0.3 is 0 Å². The average molecular weight is 291 g/mol. The molecule has 1 heterocycles. The van der Waals surface area contributed by atoms with Crippen LogP contribution < -0.4 is 5.32 Å². The summed E-state index contributed by atoms with van der Waals surface area (Å²) in [5.74, 6) is 1.91. The van der Waals surface area contributed by atoms with Crippen LogP contribution in [0.1, 0.15) is 75.6 Å². The molecule has 4 nitrogen and oxygen atoms in total. The van der Waals surface area contributed by atoms with Crippen LogP contribution >= 0.6 is 0 Å². The maximum Gasteiger partial charge on any atom is 0.159 e. The second-order valence-electron chi connectivity index (χ2n) is 5.86. The summed E-state index contributed by atoms with van der Waals surface area (Å²) in [5.41, 5.74) is 2.59. The van der Waals surface area contributed by atoms with Crippen molar-refractivity contribution in [3.63, 3.8) is 0 Å². The number of hydrogen-bond donors (Lipinski definition) is 1. The summed E-state index contributed by atoms with van der Waals surface area (Å²) in [6.45, 7) is 5.32. The molecule has 1 aromatic heterocycles. The zero-order chi connectivity index (χ0) is 15.1. The van der Waals surface area contributed by atoms with Crippen molar-refractivity contribution >= 4 is 5.82 Å². The summed E-state index contributed by atoms with van der Waals surface area (Å²) in [6.07, 6.45) is 9.14. The van der Waals surface area contributed by atoms with Gasteiger partial charge in [0.25, 0.3) is 0 Å². The number of rotatable bonds is 7. The van der Waals surface area contributed by atoms with Gasteiger partial charge in [-0.1, -0.05) is 26.7 Å². The molecule has 1 atom stereocenters. The first-order valence-electron chi connectivity index (χ1n) is 8.46. The molecule has 0 radical (unpaired) electrons. The molecule has 118 valence electrons. The number of anilines is 1. The van der Waals surface area contributed by atoms with Crippen LogP contribution in [0.25, 0.3) is 0 Å². The SMILES string of the molecule is CCCNc1nc(C(CCC)OC)nc2c1CCCCC2. The molecule has 1 aliphatic carbocycles. The molecule has 1 aromatic rings. The minimum absolute atomic E-state index is 0.0192. The molecule has 0 saturated heterocycles. The van der Waals surface area contributed by atoms with Crippen LogP contribution in [0.2, 0.25) is 0 Å². The average Bonchev–Trinajstić information content (AvgIpc) is 2.75. The van der Waals surface area contributed by atoms with E-state index in [-0.39, 0.29) is 6.10 Å². The van der Waals surface area contributed by atoms with Crippen molar-refractivity contribution in [1.29, 1.82) is 0 Å². The number of aromatic nitrogens is 2. The second-order valence-corrected chi connectivity index (χ2v) is 5.86. The van der Waals surface area contributed by atoms with Gasteiger partial charge in [-0.2, -0.15) is 0 Å². The summed E-state index contributed by atoms with van der Waals surface area (Å²) < 4.78 is 5.61. The highest BCUT2D eigenvalue weighted by molar-refractivity contribution is 5.47. The molecular formula is C17H29N3O. The maximum absolute atomic E-state index is 5.61. The number of nitrogens with zero attached hydrogens (tertiary/aromatic N) is 2. The molecular weight excluding hydrogens is 262 g/mol. The molecule has 0 aromatic carbocycles. The Hall–Kier alpha value is -1.16. The predicted octanol–water partition coefficient (Wildman–Crippen LogP) is 4.06. The minimum atomic E-state index is 0.0192. The highest BCUT2D eigenvalue weighted by Gasteiger charge is 2.20. The monoisotopic (exact) mass is 291 g/mol. The van der Waals surface area contributed by atoms with Crippen LogP contribution in [0.5, 0.6) is 0 Å². The van der Waals surface area contributed by atoms with Gasteiger partial charge < -0.3 is 10.1 Å². The van der Waals surface area contributed by atoms with Gasteiger partial charge in [0.15, 0.2) is 5.82 Å². The largest absolute Gasteiger partial charge is 0.373 e. The lowest BCUT2D eigenvalue weighted by Gasteiger charge is -2.18. The number of methoxy groups -OCH3 is 1. The van der Waals surface area contributed by atoms with E-state index < -0.39 is 0 Å². The van der Waals surface area contributed by atoms with Gasteiger partial charge in [-0.25, -0.2) is 9.97 Å². The van der Waals surface area contributed by atoms with Gasteiger partial charge in [0.05, 0.1) is 0 Å². The van der Waals surface area contributed by atoms with E-state index in [1.54, 1.807) is 7.11 Å². The Balaban J connectivity index is 2.35. The lowest BCUT2D eigenvalue weighted by atomic mass is 10.1. The Morgan fingerprint density at radius 2 is 1.90 bits per heavy atom. The normalized spacial score (nSPS) is 16.1. The lowest BCUT2D eigenvalue weighted by Crippen LogP contribution is -2.15. The maximum atomic E-state index is 5.61. The summed E-state index contributed by atoms with van der Waals surface area (Å²) in [7, 11) is 1.76. The fourth-order valence-electron chi connectivity index (χ4n) is 2.94. The Kier molecular flexibility index (Phi) is 6.43. The van der Waals surface area contributed by atoms with Gasteiger partial charge in [-0.05, 0) is 38.5 Å². The fourth-order valence-corrected chi connectivity index (χ4v) is 2.94. The van der Waals surface area contributed by atoms with Crippen molar-refractivity contribution in [2.24, 2.45) is 0 Å². The van der Waals surface area contributed by atoms with Crippen LogP contribution in [0, 0.1) is 0 Å². The topological polar surface area (TPSA) is 47.0 Å². The van der Waals surface area contributed by atoms with E-state index in [0.29, 0.717) is 0 Å². The van der Waals surface area contributed by atoms with Gasteiger partial charge in [-0.3, -0.25) is 0 Å². The fraction of sp³-hybridized carbons (Fsp3) is 0.765. The van der Waals surface area contributed by atoms with E-state index in [4.69, 9.17) is 14.7 Å². The lowest BCUT2D eigenvalue weighted by molar-refractivity contribution is 0.0875. The predicted molar refractivity (Wildman–Crippen MR) is 86.7 cm³/mol. The molecule has 0 spiro atoms. The van der Waals surface area contributed by atoms with Crippen molar-refractivity contribution in [1.82, 2.24) is 9.97 Å². The molecule has 0 fully saturated rings. The molecule has 0 bridgehead atoms. The van der Waals surface area contributed by atoms with E-state index in [9.17, 15) is 0 Å². The van der Waals surface area contributed by atoms with Crippen LogP contribution in [-0.2, 0) is 17.6 Å². The number of ether oxygens (including phenoxy) is 1. The number of hydrogen-bond acceptors (Lipinski definition) is 4. The van der Waals surface area contributed by atoms with Gasteiger partial charge in [0.1, 0.15) is 11.9 Å². The van der Waals surface area contributed by atoms with Crippen molar-refractivity contribution in [2.45, 2.75) is 71.3 Å². The van der Waals surface area contributed by atoms with E-state index >= 15 is 0 Å². The molecule has 1 unspecified atom stereocenters. The summed E-state index contributed by atoms with van der Waals surface area (Å²) in [6, 6.07) is 0. The van der Waals surface area contributed by atoms with Gasteiger partial charge in [-0.15, -0.1) is 0 Å². The third-order valence-corrected chi connectivity index (χ3v) is 4.12. The number of nitrogens with one attached hydrogen (secondary N) is 1. The van der Waals surface area contributed by atoms with Crippen molar-refractivity contribution < 1.29 is 4.74 Å².